The second-order valence-electron chi connectivity index (χ2n) is 6.86. The highest BCUT2D eigenvalue weighted by Gasteiger charge is 2.12. The molecule has 0 aromatic heterocycles. The van der Waals surface area contributed by atoms with Crippen LogP contribution in [0.15, 0.2) is 94.7 Å². The fourth-order valence-corrected chi connectivity index (χ4v) is 4.39. The molecular formula is C24H22N4S. The minimum Gasteiger partial charge on any atom is -0.399 e. The summed E-state index contributed by atoms with van der Waals surface area (Å²) in [5.74, 6) is 0. The molecule has 29 heavy (non-hydrogen) atoms. The van der Waals surface area contributed by atoms with E-state index in [-0.39, 0.29) is 0 Å². The molecule has 144 valence electrons. The number of anilines is 4. The molecule has 0 radical (unpaired) electrons. The van der Waals surface area contributed by atoms with Crippen molar-refractivity contribution in [2.75, 3.05) is 22.9 Å². The van der Waals surface area contributed by atoms with Crippen LogP contribution >= 0.6 is 11.8 Å². The van der Waals surface area contributed by atoms with Gasteiger partial charge < -0.3 is 22.9 Å². The lowest BCUT2D eigenvalue weighted by atomic mass is 10.0. The Morgan fingerprint density at radius 2 is 0.759 bits per heavy atom. The van der Waals surface area contributed by atoms with Crippen LogP contribution in [0.4, 0.5) is 22.7 Å². The molecule has 0 spiro atoms. The van der Waals surface area contributed by atoms with Crippen LogP contribution in [0.2, 0.25) is 0 Å². The van der Waals surface area contributed by atoms with Gasteiger partial charge in [0, 0.05) is 32.5 Å². The van der Waals surface area contributed by atoms with Crippen LogP contribution < -0.4 is 22.9 Å². The number of nitrogens with two attached hydrogens (primary N) is 4. The molecular weight excluding hydrogens is 376 g/mol. The molecule has 0 aliphatic heterocycles. The summed E-state index contributed by atoms with van der Waals surface area (Å²) >= 11 is 1.64. The fraction of sp³-hybridized carbons (Fsp3) is 0. The Bertz CT molecular complexity index is 1060. The van der Waals surface area contributed by atoms with Crippen LogP contribution in [0.5, 0.6) is 0 Å². The summed E-state index contributed by atoms with van der Waals surface area (Å²) in [5.41, 5.74) is 31.2. The van der Waals surface area contributed by atoms with E-state index in [1.165, 1.54) is 0 Å². The standard InChI is InChI=1S/C24H22N4S/c25-17-5-1-15(2-6-17)21-11-9-19(27)13-23(21)29-24-14-20(28)10-12-22(24)16-3-7-18(26)8-4-16/h1-14H,25-28H2. The van der Waals surface area contributed by atoms with Gasteiger partial charge in [0.05, 0.1) is 0 Å². The lowest BCUT2D eigenvalue weighted by molar-refractivity contribution is 1.40. The van der Waals surface area contributed by atoms with Crippen LogP contribution in [-0.2, 0) is 0 Å². The highest BCUT2D eigenvalue weighted by Crippen LogP contribution is 2.42. The Kier molecular flexibility index (Phi) is 5.06. The van der Waals surface area contributed by atoms with Crippen molar-refractivity contribution < 1.29 is 0 Å². The largest absolute Gasteiger partial charge is 0.399 e. The van der Waals surface area contributed by atoms with Gasteiger partial charge in [-0.2, -0.15) is 0 Å². The topological polar surface area (TPSA) is 104 Å². The molecule has 8 N–H and O–H groups in total. The van der Waals surface area contributed by atoms with Gasteiger partial charge in [-0.05, 0) is 70.8 Å². The van der Waals surface area contributed by atoms with Crippen molar-refractivity contribution in [3.8, 4) is 22.3 Å². The average Bonchev–Trinajstić information content (AvgIpc) is 2.70. The Hall–Kier alpha value is -3.57. The van der Waals surface area contributed by atoms with Crippen molar-refractivity contribution in [2.45, 2.75) is 9.79 Å². The summed E-state index contributed by atoms with van der Waals surface area (Å²) in [4.78, 5) is 2.11. The molecule has 4 nitrogen and oxygen atoms in total. The highest BCUT2D eigenvalue weighted by molar-refractivity contribution is 7.99. The summed E-state index contributed by atoms with van der Waals surface area (Å²) < 4.78 is 0. The number of nitrogen functional groups attached to an aromatic ring is 4. The molecule has 4 aromatic carbocycles. The Balaban J connectivity index is 1.80. The van der Waals surface area contributed by atoms with E-state index in [4.69, 9.17) is 22.9 Å². The van der Waals surface area contributed by atoms with Gasteiger partial charge in [-0.3, -0.25) is 0 Å². The zero-order valence-corrected chi connectivity index (χ0v) is 16.6. The van der Waals surface area contributed by atoms with E-state index in [0.29, 0.717) is 11.4 Å². The molecule has 5 heteroatoms. The monoisotopic (exact) mass is 398 g/mol. The molecule has 0 unspecified atom stereocenters. The van der Waals surface area contributed by atoms with Crippen LogP contribution in [0.25, 0.3) is 22.3 Å². The molecule has 4 rings (SSSR count). The first-order valence-electron chi connectivity index (χ1n) is 9.18. The van der Waals surface area contributed by atoms with Crippen molar-refractivity contribution in [1.82, 2.24) is 0 Å². The molecule has 0 aliphatic carbocycles. The van der Waals surface area contributed by atoms with Gasteiger partial charge in [0.25, 0.3) is 0 Å². The van der Waals surface area contributed by atoms with Crippen LogP contribution in [0.1, 0.15) is 0 Å². The summed E-state index contributed by atoms with van der Waals surface area (Å²) in [6, 6.07) is 27.6. The van der Waals surface area contributed by atoms with Crippen LogP contribution in [0.3, 0.4) is 0 Å². The zero-order valence-electron chi connectivity index (χ0n) is 15.8. The van der Waals surface area contributed by atoms with Crippen LogP contribution in [0, 0.1) is 0 Å². The lowest BCUT2D eigenvalue weighted by Gasteiger charge is -2.15. The summed E-state index contributed by atoms with van der Waals surface area (Å²) in [7, 11) is 0. The third-order valence-electron chi connectivity index (χ3n) is 4.67. The smallest absolute Gasteiger partial charge is 0.0325 e. The minimum atomic E-state index is 0.713. The highest BCUT2D eigenvalue weighted by atomic mass is 32.2. The maximum Gasteiger partial charge on any atom is 0.0325 e. The van der Waals surface area contributed by atoms with Gasteiger partial charge in [-0.1, -0.05) is 48.2 Å². The predicted molar refractivity (Wildman–Crippen MR) is 126 cm³/mol. The Labute approximate surface area is 174 Å². The van der Waals surface area contributed by atoms with E-state index in [1.807, 2.05) is 84.9 Å². The van der Waals surface area contributed by atoms with Crippen LogP contribution in [-0.4, -0.2) is 0 Å². The second kappa shape index (κ2) is 7.81. The first-order valence-corrected chi connectivity index (χ1v) is 10.00. The summed E-state index contributed by atoms with van der Waals surface area (Å²) in [6.45, 7) is 0. The SMILES string of the molecule is Nc1ccc(-c2ccc(N)cc2Sc2cc(N)ccc2-c2ccc(N)cc2)cc1. The first kappa shape index (κ1) is 18.8. The van der Waals surface area contributed by atoms with Crippen molar-refractivity contribution in [2.24, 2.45) is 0 Å². The maximum atomic E-state index is 6.11. The van der Waals surface area contributed by atoms with Gasteiger partial charge >= 0.3 is 0 Å². The van der Waals surface area contributed by atoms with E-state index in [0.717, 1.165) is 43.4 Å². The average molecular weight is 399 g/mol. The van der Waals surface area contributed by atoms with Crippen molar-refractivity contribution in [3.63, 3.8) is 0 Å². The Morgan fingerprint density at radius 3 is 1.14 bits per heavy atom. The van der Waals surface area contributed by atoms with Crippen molar-refractivity contribution >= 4 is 34.5 Å². The van der Waals surface area contributed by atoms with Gasteiger partial charge in [0.2, 0.25) is 0 Å². The second-order valence-corrected chi connectivity index (χ2v) is 7.94. The Morgan fingerprint density at radius 1 is 0.414 bits per heavy atom. The van der Waals surface area contributed by atoms with Crippen molar-refractivity contribution in [3.05, 3.63) is 84.9 Å². The van der Waals surface area contributed by atoms with E-state index in [1.54, 1.807) is 11.8 Å². The number of hydrogen-bond acceptors (Lipinski definition) is 5. The molecule has 0 fully saturated rings. The fourth-order valence-electron chi connectivity index (χ4n) is 3.17. The zero-order chi connectivity index (χ0) is 20.4. The molecule has 0 heterocycles. The summed E-state index contributed by atoms with van der Waals surface area (Å²) in [5, 5.41) is 0. The van der Waals surface area contributed by atoms with E-state index in [9.17, 15) is 0 Å². The predicted octanol–water partition coefficient (Wildman–Crippen LogP) is 5.50. The van der Waals surface area contributed by atoms with E-state index < -0.39 is 0 Å². The third-order valence-corrected chi connectivity index (χ3v) is 5.79. The van der Waals surface area contributed by atoms with Crippen molar-refractivity contribution in [1.29, 1.82) is 0 Å². The van der Waals surface area contributed by atoms with Gasteiger partial charge in [-0.25, -0.2) is 0 Å². The molecule has 0 bridgehead atoms. The van der Waals surface area contributed by atoms with E-state index >= 15 is 0 Å². The normalized spacial score (nSPS) is 10.8. The molecule has 0 amide bonds. The molecule has 0 atom stereocenters. The minimum absolute atomic E-state index is 0.713. The van der Waals surface area contributed by atoms with Gasteiger partial charge in [0.1, 0.15) is 0 Å². The molecule has 4 aromatic rings. The number of benzene rings is 4. The quantitative estimate of drug-likeness (QED) is 0.340. The molecule has 0 saturated carbocycles. The third kappa shape index (κ3) is 4.15. The molecule has 0 saturated heterocycles. The maximum absolute atomic E-state index is 6.11. The van der Waals surface area contributed by atoms with Gasteiger partial charge in [-0.15, -0.1) is 0 Å². The molecule has 0 aliphatic rings. The van der Waals surface area contributed by atoms with Gasteiger partial charge in [0.15, 0.2) is 0 Å². The number of hydrogen-bond donors (Lipinski definition) is 4. The number of rotatable bonds is 4. The first-order chi connectivity index (χ1) is 14.0. The lowest BCUT2D eigenvalue weighted by Crippen LogP contribution is -1.92. The van der Waals surface area contributed by atoms with E-state index in [2.05, 4.69) is 0 Å². The summed E-state index contributed by atoms with van der Waals surface area (Å²) in [6.07, 6.45) is 0.